The SMILES string of the molecule is COc1cccc(-c2cnc3c(Cl)cccn23)c1. The number of imidazole rings is 1. The number of nitrogens with zero attached hydrogens (tertiary/aromatic N) is 2. The van der Waals surface area contributed by atoms with Crippen molar-refractivity contribution in [3.63, 3.8) is 0 Å². The van der Waals surface area contributed by atoms with Gasteiger partial charge in [0.2, 0.25) is 0 Å². The van der Waals surface area contributed by atoms with Crippen LogP contribution in [0, 0.1) is 0 Å². The van der Waals surface area contributed by atoms with E-state index in [0.717, 1.165) is 22.7 Å². The number of fused-ring (bicyclic) bond motifs is 1. The van der Waals surface area contributed by atoms with Gasteiger partial charge in [-0.15, -0.1) is 0 Å². The van der Waals surface area contributed by atoms with Crippen LogP contribution in [-0.4, -0.2) is 16.5 Å². The minimum absolute atomic E-state index is 0.645. The third-order valence-electron chi connectivity index (χ3n) is 2.85. The molecule has 0 N–H and O–H groups in total. The molecule has 0 aliphatic heterocycles. The van der Waals surface area contributed by atoms with Gasteiger partial charge in [-0.1, -0.05) is 23.7 Å². The highest BCUT2D eigenvalue weighted by Crippen LogP contribution is 2.26. The van der Waals surface area contributed by atoms with Gasteiger partial charge in [-0.05, 0) is 24.3 Å². The van der Waals surface area contributed by atoms with Crippen molar-refractivity contribution in [2.24, 2.45) is 0 Å². The minimum Gasteiger partial charge on any atom is -0.497 e. The second-order valence-corrected chi connectivity index (χ2v) is 4.33. The maximum Gasteiger partial charge on any atom is 0.156 e. The molecule has 0 saturated heterocycles. The van der Waals surface area contributed by atoms with Crippen molar-refractivity contribution >= 4 is 17.2 Å². The Hall–Kier alpha value is -2.00. The van der Waals surface area contributed by atoms with Gasteiger partial charge in [0.05, 0.1) is 24.0 Å². The van der Waals surface area contributed by atoms with Crippen LogP contribution >= 0.6 is 11.6 Å². The van der Waals surface area contributed by atoms with Crippen LogP contribution in [0.1, 0.15) is 0 Å². The van der Waals surface area contributed by atoms with Gasteiger partial charge < -0.3 is 4.74 Å². The fourth-order valence-electron chi connectivity index (χ4n) is 1.97. The van der Waals surface area contributed by atoms with Crippen LogP contribution in [0.2, 0.25) is 5.02 Å². The summed E-state index contributed by atoms with van der Waals surface area (Å²) < 4.78 is 7.20. The summed E-state index contributed by atoms with van der Waals surface area (Å²) in [4.78, 5) is 4.34. The van der Waals surface area contributed by atoms with Crippen LogP contribution in [0.5, 0.6) is 5.75 Å². The summed E-state index contributed by atoms with van der Waals surface area (Å²) in [5, 5.41) is 0.645. The predicted octanol–water partition coefficient (Wildman–Crippen LogP) is 3.66. The molecule has 1 aromatic carbocycles. The highest BCUT2D eigenvalue weighted by atomic mass is 35.5. The number of hydrogen-bond acceptors (Lipinski definition) is 2. The van der Waals surface area contributed by atoms with Crippen LogP contribution in [0.25, 0.3) is 16.9 Å². The third kappa shape index (κ3) is 1.73. The zero-order chi connectivity index (χ0) is 12.5. The van der Waals surface area contributed by atoms with Crippen molar-refractivity contribution in [3.05, 3.63) is 53.8 Å². The summed E-state index contributed by atoms with van der Waals surface area (Å²) >= 11 is 6.11. The van der Waals surface area contributed by atoms with E-state index in [2.05, 4.69) is 4.98 Å². The van der Waals surface area contributed by atoms with Gasteiger partial charge >= 0.3 is 0 Å². The summed E-state index contributed by atoms with van der Waals surface area (Å²) in [7, 11) is 1.66. The Balaban J connectivity index is 2.22. The van der Waals surface area contributed by atoms with Crippen molar-refractivity contribution in [2.45, 2.75) is 0 Å². The molecular weight excluding hydrogens is 248 g/mol. The number of halogens is 1. The molecule has 2 aromatic heterocycles. The zero-order valence-electron chi connectivity index (χ0n) is 9.80. The second-order valence-electron chi connectivity index (χ2n) is 3.93. The van der Waals surface area contributed by atoms with Gasteiger partial charge in [-0.2, -0.15) is 0 Å². The minimum atomic E-state index is 0.645. The lowest BCUT2D eigenvalue weighted by atomic mass is 10.1. The van der Waals surface area contributed by atoms with Gasteiger partial charge in [0.1, 0.15) is 5.75 Å². The van der Waals surface area contributed by atoms with Crippen LogP contribution < -0.4 is 4.74 Å². The molecule has 2 heterocycles. The van der Waals surface area contributed by atoms with Crippen molar-refractivity contribution in [2.75, 3.05) is 7.11 Å². The monoisotopic (exact) mass is 258 g/mol. The van der Waals surface area contributed by atoms with E-state index >= 15 is 0 Å². The van der Waals surface area contributed by atoms with Gasteiger partial charge in [0.15, 0.2) is 5.65 Å². The molecule has 0 saturated carbocycles. The lowest BCUT2D eigenvalue weighted by Gasteiger charge is -2.04. The molecule has 0 atom stereocenters. The normalized spacial score (nSPS) is 10.8. The van der Waals surface area contributed by atoms with Gasteiger partial charge in [0, 0.05) is 11.8 Å². The topological polar surface area (TPSA) is 26.5 Å². The van der Waals surface area contributed by atoms with E-state index in [1.165, 1.54) is 0 Å². The maximum atomic E-state index is 6.11. The average molecular weight is 259 g/mol. The number of methoxy groups -OCH3 is 1. The molecule has 3 rings (SSSR count). The van der Waals surface area contributed by atoms with E-state index in [0.29, 0.717) is 5.02 Å². The molecule has 0 bridgehead atoms. The van der Waals surface area contributed by atoms with Crippen LogP contribution in [0.3, 0.4) is 0 Å². The Kier molecular flexibility index (Phi) is 2.68. The molecule has 3 nitrogen and oxygen atoms in total. The largest absolute Gasteiger partial charge is 0.497 e. The van der Waals surface area contributed by atoms with E-state index in [9.17, 15) is 0 Å². The third-order valence-corrected chi connectivity index (χ3v) is 3.15. The fourth-order valence-corrected chi connectivity index (χ4v) is 2.19. The van der Waals surface area contributed by atoms with Crippen LogP contribution in [0.4, 0.5) is 0 Å². The first kappa shape index (κ1) is 11.1. The Morgan fingerprint density at radius 3 is 2.94 bits per heavy atom. The van der Waals surface area contributed by atoms with E-state index < -0.39 is 0 Å². The molecule has 0 spiro atoms. The fraction of sp³-hybridized carbons (Fsp3) is 0.0714. The highest BCUT2D eigenvalue weighted by Gasteiger charge is 2.08. The number of aromatic nitrogens is 2. The van der Waals surface area contributed by atoms with Crippen molar-refractivity contribution in [1.82, 2.24) is 9.38 Å². The molecule has 0 fully saturated rings. The van der Waals surface area contributed by atoms with Gasteiger partial charge in [-0.3, -0.25) is 4.40 Å². The van der Waals surface area contributed by atoms with Crippen molar-refractivity contribution < 1.29 is 4.74 Å². The van der Waals surface area contributed by atoms with E-state index in [4.69, 9.17) is 16.3 Å². The molecule has 3 aromatic rings. The number of pyridine rings is 1. The Morgan fingerprint density at radius 1 is 1.22 bits per heavy atom. The van der Waals surface area contributed by atoms with Crippen LogP contribution in [-0.2, 0) is 0 Å². The molecule has 0 aliphatic rings. The average Bonchev–Trinajstić information content (AvgIpc) is 2.84. The lowest BCUT2D eigenvalue weighted by Crippen LogP contribution is -1.89. The van der Waals surface area contributed by atoms with E-state index in [-0.39, 0.29) is 0 Å². The molecule has 0 radical (unpaired) electrons. The molecule has 0 amide bonds. The number of rotatable bonds is 2. The Morgan fingerprint density at radius 2 is 2.11 bits per heavy atom. The molecule has 0 unspecified atom stereocenters. The summed E-state index contributed by atoms with van der Waals surface area (Å²) in [5.74, 6) is 0.824. The lowest BCUT2D eigenvalue weighted by molar-refractivity contribution is 0.415. The zero-order valence-corrected chi connectivity index (χ0v) is 10.6. The molecule has 18 heavy (non-hydrogen) atoms. The summed E-state index contributed by atoms with van der Waals surface area (Å²) in [6.07, 6.45) is 3.76. The maximum absolute atomic E-state index is 6.11. The Labute approximate surface area is 110 Å². The first-order valence-electron chi connectivity index (χ1n) is 5.55. The summed E-state index contributed by atoms with van der Waals surface area (Å²) in [5.41, 5.74) is 2.80. The first-order valence-corrected chi connectivity index (χ1v) is 5.93. The molecule has 4 heteroatoms. The van der Waals surface area contributed by atoms with Crippen molar-refractivity contribution in [3.8, 4) is 17.0 Å². The second kappa shape index (κ2) is 4.35. The van der Waals surface area contributed by atoms with E-state index in [1.54, 1.807) is 7.11 Å². The van der Waals surface area contributed by atoms with Gasteiger partial charge in [-0.25, -0.2) is 4.98 Å². The van der Waals surface area contributed by atoms with Gasteiger partial charge in [0.25, 0.3) is 0 Å². The number of ether oxygens (including phenoxy) is 1. The number of hydrogen-bond donors (Lipinski definition) is 0. The standard InChI is InChI=1S/C14H11ClN2O/c1-18-11-5-2-4-10(8-11)13-9-16-14-12(15)6-3-7-17(13)14/h2-9H,1H3. The molecule has 0 aliphatic carbocycles. The number of benzene rings is 1. The Bertz CT molecular complexity index is 706. The summed E-state index contributed by atoms with van der Waals surface area (Å²) in [6.45, 7) is 0. The predicted molar refractivity (Wildman–Crippen MR) is 72.2 cm³/mol. The van der Waals surface area contributed by atoms with Crippen molar-refractivity contribution in [1.29, 1.82) is 0 Å². The smallest absolute Gasteiger partial charge is 0.156 e. The highest BCUT2D eigenvalue weighted by molar-refractivity contribution is 6.33. The molecule has 90 valence electrons. The quantitative estimate of drug-likeness (QED) is 0.701. The summed E-state index contributed by atoms with van der Waals surface area (Å²) in [6, 6.07) is 11.6. The van der Waals surface area contributed by atoms with Crippen LogP contribution in [0.15, 0.2) is 48.8 Å². The van der Waals surface area contributed by atoms with E-state index in [1.807, 2.05) is 53.2 Å². The first-order chi connectivity index (χ1) is 8.79. The molecular formula is C14H11ClN2O.